The number of nitrogen functional groups attached to an aromatic ring is 1. The van der Waals surface area contributed by atoms with E-state index in [9.17, 15) is 5.11 Å². The quantitative estimate of drug-likeness (QED) is 0.569. The number of methoxy groups -OCH3 is 1. The van der Waals surface area contributed by atoms with E-state index in [-0.39, 0.29) is 11.4 Å². The molecular weight excluding hydrogens is 268 g/mol. The number of nitrogens with two attached hydrogens (primary N) is 1. The van der Waals surface area contributed by atoms with Gasteiger partial charge in [-0.15, -0.1) is 0 Å². The first-order chi connectivity index (χ1) is 10.2. The molecule has 3 rings (SSSR count). The zero-order valence-electron chi connectivity index (χ0n) is 11.4. The van der Waals surface area contributed by atoms with E-state index in [0.29, 0.717) is 11.6 Å². The van der Waals surface area contributed by atoms with Crippen LogP contribution in [0.15, 0.2) is 48.7 Å². The van der Waals surface area contributed by atoms with Crippen molar-refractivity contribution in [1.29, 1.82) is 0 Å². The number of anilines is 1. The molecule has 0 saturated carbocycles. The Hall–Kier alpha value is -2.95. The fourth-order valence-electron chi connectivity index (χ4n) is 2.06. The second kappa shape index (κ2) is 5.20. The smallest absolute Gasteiger partial charge is 0.227 e. The van der Waals surface area contributed by atoms with Crippen LogP contribution < -0.4 is 15.2 Å². The maximum atomic E-state index is 9.62. The molecule has 21 heavy (non-hydrogen) atoms. The van der Waals surface area contributed by atoms with Crippen LogP contribution in [0, 0.1) is 0 Å². The molecule has 0 aliphatic heterocycles. The standard InChI is InChI=1S/C16H14N2O3/c1-20-11-5-6-12-10(9-11)7-8-18-16(12)21-14-4-2-3-13(19)15(14)17/h2-9,19H,17H2,1H3. The van der Waals surface area contributed by atoms with E-state index in [2.05, 4.69) is 4.98 Å². The summed E-state index contributed by atoms with van der Waals surface area (Å²) in [5.41, 5.74) is 5.98. The zero-order chi connectivity index (χ0) is 14.8. The van der Waals surface area contributed by atoms with E-state index in [1.54, 1.807) is 25.4 Å². The molecule has 0 aliphatic carbocycles. The van der Waals surface area contributed by atoms with Gasteiger partial charge in [-0.05, 0) is 41.8 Å². The minimum Gasteiger partial charge on any atom is -0.506 e. The predicted molar refractivity (Wildman–Crippen MR) is 80.9 cm³/mol. The molecule has 0 aliphatic rings. The number of phenolic OH excluding ortho intramolecular Hbond substituents is 1. The summed E-state index contributed by atoms with van der Waals surface area (Å²) in [7, 11) is 1.62. The Kier molecular flexibility index (Phi) is 3.23. The molecule has 5 nitrogen and oxygen atoms in total. The van der Waals surface area contributed by atoms with Gasteiger partial charge in [0.2, 0.25) is 5.88 Å². The maximum absolute atomic E-state index is 9.62. The van der Waals surface area contributed by atoms with Gasteiger partial charge >= 0.3 is 0 Å². The van der Waals surface area contributed by atoms with E-state index < -0.39 is 0 Å². The summed E-state index contributed by atoms with van der Waals surface area (Å²) in [5, 5.41) is 11.4. The van der Waals surface area contributed by atoms with Crippen LogP contribution in [0.4, 0.5) is 5.69 Å². The number of rotatable bonds is 3. The summed E-state index contributed by atoms with van der Waals surface area (Å²) in [6, 6.07) is 12.3. The number of aromatic nitrogens is 1. The van der Waals surface area contributed by atoms with E-state index >= 15 is 0 Å². The number of pyridine rings is 1. The van der Waals surface area contributed by atoms with Gasteiger partial charge < -0.3 is 20.3 Å². The molecular formula is C16H14N2O3. The van der Waals surface area contributed by atoms with Crippen molar-refractivity contribution in [2.45, 2.75) is 0 Å². The average molecular weight is 282 g/mol. The van der Waals surface area contributed by atoms with Crippen molar-refractivity contribution in [2.75, 3.05) is 12.8 Å². The molecule has 3 aromatic rings. The van der Waals surface area contributed by atoms with Crippen LogP contribution in [0.3, 0.4) is 0 Å². The number of phenols is 1. The van der Waals surface area contributed by atoms with Crippen molar-refractivity contribution in [3.05, 3.63) is 48.7 Å². The van der Waals surface area contributed by atoms with Gasteiger partial charge in [-0.1, -0.05) is 6.07 Å². The average Bonchev–Trinajstić information content (AvgIpc) is 2.51. The molecule has 0 atom stereocenters. The van der Waals surface area contributed by atoms with Gasteiger partial charge in [0.15, 0.2) is 5.75 Å². The molecule has 0 amide bonds. The predicted octanol–water partition coefficient (Wildman–Crippen LogP) is 3.32. The minimum atomic E-state index is -0.0191. The fraction of sp³-hybridized carbons (Fsp3) is 0.0625. The highest BCUT2D eigenvalue weighted by atomic mass is 16.5. The number of hydrogen-bond acceptors (Lipinski definition) is 5. The minimum absolute atomic E-state index is 0.0191. The summed E-state index contributed by atoms with van der Waals surface area (Å²) >= 11 is 0. The number of aromatic hydroxyl groups is 1. The molecule has 0 radical (unpaired) electrons. The molecule has 0 bridgehead atoms. The third kappa shape index (κ3) is 2.41. The Balaban J connectivity index is 2.06. The van der Waals surface area contributed by atoms with Crippen LogP contribution in [-0.2, 0) is 0 Å². The summed E-state index contributed by atoms with van der Waals surface area (Å²) < 4.78 is 10.9. The highest BCUT2D eigenvalue weighted by Gasteiger charge is 2.10. The molecule has 1 aromatic heterocycles. The molecule has 0 spiro atoms. The van der Waals surface area contributed by atoms with Gasteiger partial charge in [-0.3, -0.25) is 0 Å². The lowest BCUT2D eigenvalue weighted by molar-refractivity contribution is 0.415. The monoisotopic (exact) mass is 282 g/mol. The number of fused-ring (bicyclic) bond motifs is 1. The molecule has 1 heterocycles. The number of benzene rings is 2. The SMILES string of the molecule is COc1ccc2c(Oc3cccc(O)c3N)nccc2c1. The van der Waals surface area contributed by atoms with E-state index in [1.807, 2.05) is 24.3 Å². The van der Waals surface area contributed by atoms with E-state index in [4.69, 9.17) is 15.2 Å². The third-order valence-electron chi connectivity index (χ3n) is 3.18. The molecule has 0 saturated heterocycles. The van der Waals surface area contributed by atoms with E-state index in [0.717, 1.165) is 16.5 Å². The highest BCUT2D eigenvalue weighted by Crippen LogP contribution is 2.35. The van der Waals surface area contributed by atoms with Crippen molar-refractivity contribution in [3.63, 3.8) is 0 Å². The number of para-hydroxylation sites is 1. The topological polar surface area (TPSA) is 77.6 Å². The molecule has 3 N–H and O–H groups in total. The van der Waals surface area contributed by atoms with Gasteiger partial charge in [-0.2, -0.15) is 0 Å². The van der Waals surface area contributed by atoms with Gasteiger partial charge in [-0.25, -0.2) is 4.98 Å². The fourth-order valence-corrected chi connectivity index (χ4v) is 2.06. The van der Waals surface area contributed by atoms with Crippen LogP contribution in [0.1, 0.15) is 0 Å². The Morgan fingerprint density at radius 2 is 2.00 bits per heavy atom. The van der Waals surface area contributed by atoms with Crippen LogP contribution in [0.5, 0.6) is 23.1 Å². The maximum Gasteiger partial charge on any atom is 0.227 e. The van der Waals surface area contributed by atoms with Crippen molar-refractivity contribution in [3.8, 4) is 23.1 Å². The first-order valence-electron chi connectivity index (χ1n) is 6.37. The second-order valence-corrected chi connectivity index (χ2v) is 4.49. The summed E-state index contributed by atoms with van der Waals surface area (Å²) in [4.78, 5) is 4.23. The van der Waals surface area contributed by atoms with Crippen molar-refractivity contribution < 1.29 is 14.6 Å². The highest BCUT2D eigenvalue weighted by molar-refractivity contribution is 5.88. The van der Waals surface area contributed by atoms with Crippen LogP contribution in [-0.4, -0.2) is 17.2 Å². The van der Waals surface area contributed by atoms with Gasteiger partial charge in [0.1, 0.15) is 17.2 Å². The Morgan fingerprint density at radius 1 is 1.14 bits per heavy atom. The lowest BCUT2D eigenvalue weighted by atomic mass is 10.1. The number of hydrogen-bond donors (Lipinski definition) is 2. The van der Waals surface area contributed by atoms with Crippen LogP contribution >= 0.6 is 0 Å². The second-order valence-electron chi connectivity index (χ2n) is 4.49. The number of nitrogens with zero attached hydrogens (tertiary/aromatic N) is 1. The van der Waals surface area contributed by atoms with Gasteiger partial charge in [0.25, 0.3) is 0 Å². The summed E-state index contributed by atoms with van der Waals surface area (Å²) in [5.74, 6) is 1.53. The van der Waals surface area contributed by atoms with Gasteiger partial charge in [0, 0.05) is 11.6 Å². The summed E-state index contributed by atoms with van der Waals surface area (Å²) in [6.45, 7) is 0. The van der Waals surface area contributed by atoms with E-state index in [1.165, 1.54) is 6.07 Å². The normalized spacial score (nSPS) is 10.5. The Labute approximate surface area is 121 Å². The third-order valence-corrected chi connectivity index (χ3v) is 3.18. The molecule has 106 valence electrons. The zero-order valence-corrected chi connectivity index (χ0v) is 11.4. The van der Waals surface area contributed by atoms with Crippen molar-refractivity contribution in [1.82, 2.24) is 4.98 Å². The molecule has 0 fully saturated rings. The number of ether oxygens (including phenoxy) is 2. The van der Waals surface area contributed by atoms with Crippen molar-refractivity contribution in [2.24, 2.45) is 0 Å². The van der Waals surface area contributed by atoms with Crippen LogP contribution in [0.25, 0.3) is 10.8 Å². The summed E-state index contributed by atoms with van der Waals surface area (Å²) in [6.07, 6.45) is 1.65. The first kappa shape index (κ1) is 13.1. The lowest BCUT2D eigenvalue weighted by Gasteiger charge is -2.11. The van der Waals surface area contributed by atoms with Crippen LogP contribution in [0.2, 0.25) is 0 Å². The molecule has 2 aromatic carbocycles. The molecule has 0 unspecified atom stereocenters. The Bertz CT molecular complexity index is 803. The van der Waals surface area contributed by atoms with Gasteiger partial charge in [0.05, 0.1) is 7.11 Å². The Morgan fingerprint density at radius 3 is 2.81 bits per heavy atom. The largest absolute Gasteiger partial charge is 0.506 e. The van der Waals surface area contributed by atoms with Crippen molar-refractivity contribution >= 4 is 16.5 Å². The molecule has 5 heteroatoms. The first-order valence-corrected chi connectivity index (χ1v) is 6.37. The lowest BCUT2D eigenvalue weighted by Crippen LogP contribution is -1.94.